The van der Waals surface area contributed by atoms with Gasteiger partial charge in [0.05, 0.1) is 4.90 Å². The fourth-order valence-corrected chi connectivity index (χ4v) is 4.76. The third kappa shape index (κ3) is 4.54. The van der Waals surface area contributed by atoms with E-state index in [4.69, 9.17) is 0 Å². The smallest absolute Gasteiger partial charge is 0.290 e. The summed E-state index contributed by atoms with van der Waals surface area (Å²) in [6.45, 7) is 5.34. The average molecular weight is 389 g/mol. The third-order valence-corrected chi connectivity index (χ3v) is 6.93. The van der Waals surface area contributed by atoms with E-state index in [1.165, 1.54) is 0 Å². The molecular weight excluding hydrogens is 362 g/mol. The molecule has 3 rings (SSSR count). The van der Waals surface area contributed by atoms with Crippen LogP contribution < -0.4 is 9.88 Å². The van der Waals surface area contributed by atoms with Gasteiger partial charge in [0.2, 0.25) is 16.6 Å². The van der Waals surface area contributed by atoms with Gasteiger partial charge in [-0.2, -0.15) is 8.87 Å². The summed E-state index contributed by atoms with van der Waals surface area (Å²) in [6, 6.07) is 10.3. The normalized spacial score (nSPS) is 15.5. The Morgan fingerprint density at radius 1 is 1.07 bits per heavy atom. The number of nitrogens with zero attached hydrogens (tertiary/aromatic N) is 2. The number of benzene rings is 1. The van der Waals surface area contributed by atoms with Crippen molar-refractivity contribution in [2.24, 2.45) is 0 Å². The van der Waals surface area contributed by atoms with Crippen molar-refractivity contribution >= 4 is 21.6 Å². The fraction of sp³-hybridized carbons (Fsp3) is 0.400. The molecule has 1 aliphatic heterocycles. The molecule has 0 unspecified atom stereocenters. The molecular formula is C20H26N3O3S+. The van der Waals surface area contributed by atoms with E-state index in [9.17, 15) is 13.2 Å². The monoisotopic (exact) mass is 388 g/mol. The number of nitrogens with one attached hydrogen (secondary N) is 1. The summed E-state index contributed by atoms with van der Waals surface area (Å²) < 4.78 is 28.8. The Balaban J connectivity index is 1.66. The van der Waals surface area contributed by atoms with Gasteiger partial charge in [0.15, 0.2) is 11.9 Å². The van der Waals surface area contributed by atoms with Crippen molar-refractivity contribution in [3.05, 3.63) is 53.9 Å². The van der Waals surface area contributed by atoms with E-state index in [0.717, 1.165) is 30.5 Å². The number of carbonyl (C=O) groups excluding carboxylic acids is 1. The zero-order valence-electron chi connectivity index (χ0n) is 15.8. The predicted molar refractivity (Wildman–Crippen MR) is 104 cm³/mol. The lowest BCUT2D eigenvalue weighted by molar-refractivity contribution is -0.690. The lowest BCUT2D eigenvalue weighted by Crippen LogP contribution is -2.43. The molecule has 1 aromatic heterocycles. The van der Waals surface area contributed by atoms with E-state index in [1.807, 2.05) is 36.7 Å². The van der Waals surface area contributed by atoms with Crippen molar-refractivity contribution < 1.29 is 17.8 Å². The maximum absolute atomic E-state index is 12.7. The number of pyridine rings is 1. The van der Waals surface area contributed by atoms with Crippen LogP contribution in [0.4, 0.5) is 5.69 Å². The van der Waals surface area contributed by atoms with Crippen molar-refractivity contribution in [2.75, 3.05) is 18.4 Å². The number of aryl methyl sites for hydroxylation is 1. The van der Waals surface area contributed by atoms with E-state index >= 15 is 0 Å². The van der Waals surface area contributed by atoms with Crippen molar-refractivity contribution in [1.82, 2.24) is 4.31 Å². The molecule has 2 aromatic rings. The highest BCUT2D eigenvalue weighted by atomic mass is 32.2. The van der Waals surface area contributed by atoms with E-state index in [-0.39, 0.29) is 17.3 Å². The van der Waals surface area contributed by atoms with E-state index < -0.39 is 10.0 Å². The lowest BCUT2D eigenvalue weighted by atomic mass is 10.2. The first kappa shape index (κ1) is 19.5. The zero-order chi connectivity index (χ0) is 19.4. The highest BCUT2D eigenvalue weighted by Crippen LogP contribution is 2.21. The van der Waals surface area contributed by atoms with Crippen LogP contribution in [-0.4, -0.2) is 31.7 Å². The standard InChI is InChI=1S/C20H25N3O3S/c1-16-7-6-12-22(17(16)2)15-20(24)21-18-8-10-19(11-9-18)27(25,26)23-13-4-3-5-14-23/h6-12H,3-5,13-15H2,1-2H3/p+1. The molecule has 0 bridgehead atoms. The highest BCUT2D eigenvalue weighted by Gasteiger charge is 2.25. The SMILES string of the molecule is Cc1ccc[n+](CC(=O)Nc2ccc(S(=O)(=O)N3CCCCC3)cc2)c1C. The molecule has 0 saturated carbocycles. The van der Waals surface area contributed by atoms with Gasteiger partial charge in [-0.15, -0.1) is 0 Å². The number of hydrogen-bond acceptors (Lipinski definition) is 3. The quantitative estimate of drug-likeness (QED) is 0.800. The molecule has 1 saturated heterocycles. The Morgan fingerprint density at radius 3 is 2.41 bits per heavy atom. The summed E-state index contributed by atoms with van der Waals surface area (Å²) in [5.41, 5.74) is 2.75. The molecule has 6 nitrogen and oxygen atoms in total. The molecule has 2 heterocycles. The van der Waals surface area contributed by atoms with Crippen LogP contribution in [0.25, 0.3) is 0 Å². The molecule has 1 aromatic carbocycles. The number of hydrogen-bond donors (Lipinski definition) is 1. The first-order valence-electron chi connectivity index (χ1n) is 9.23. The topological polar surface area (TPSA) is 70.4 Å². The number of piperidine rings is 1. The lowest BCUT2D eigenvalue weighted by Gasteiger charge is -2.25. The Labute approximate surface area is 160 Å². The van der Waals surface area contributed by atoms with Crippen LogP contribution in [0.15, 0.2) is 47.5 Å². The Morgan fingerprint density at radius 2 is 1.74 bits per heavy atom. The van der Waals surface area contributed by atoms with Gasteiger partial charge in [-0.1, -0.05) is 6.42 Å². The number of anilines is 1. The number of rotatable bonds is 5. The Hall–Kier alpha value is -2.25. The third-order valence-electron chi connectivity index (χ3n) is 5.02. The van der Waals surface area contributed by atoms with Crippen LogP contribution in [0.5, 0.6) is 0 Å². The van der Waals surface area contributed by atoms with Gasteiger partial charge in [0.1, 0.15) is 0 Å². The number of sulfonamides is 1. The molecule has 1 aliphatic rings. The second kappa shape index (κ2) is 8.19. The van der Waals surface area contributed by atoms with Gasteiger partial charge in [0, 0.05) is 37.3 Å². The minimum absolute atomic E-state index is 0.152. The highest BCUT2D eigenvalue weighted by molar-refractivity contribution is 7.89. The summed E-state index contributed by atoms with van der Waals surface area (Å²) in [4.78, 5) is 12.6. The van der Waals surface area contributed by atoms with Crippen molar-refractivity contribution in [3.63, 3.8) is 0 Å². The summed E-state index contributed by atoms with van der Waals surface area (Å²) in [7, 11) is -3.45. The van der Waals surface area contributed by atoms with E-state index in [2.05, 4.69) is 5.32 Å². The molecule has 0 spiro atoms. The summed E-state index contributed by atoms with van der Waals surface area (Å²) in [6.07, 6.45) is 4.76. The van der Waals surface area contributed by atoms with Gasteiger partial charge >= 0.3 is 0 Å². The maximum atomic E-state index is 12.7. The molecule has 0 radical (unpaired) electrons. The van der Waals surface area contributed by atoms with Crippen molar-refractivity contribution in [2.45, 2.75) is 44.6 Å². The minimum atomic E-state index is -3.45. The van der Waals surface area contributed by atoms with Gasteiger partial charge in [0.25, 0.3) is 5.91 Å². The number of aromatic nitrogens is 1. The Bertz CT molecular complexity index is 918. The maximum Gasteiger partial charge on any atom is 0.290 e. The van der Waals surface area contributed by atoms with Crippen LogP contribution in [0.3, 0.4) is 0 Å². The van der Waals surface area contributed by atoms with Crippen LogP contribution in [0.1, 0.15) is 30.5 Å². The molecule has 1 fully saturated rings. The first-order valence-corrected chi connectivity index (χ1v) is 10.7. The largest absolute Gasteiger partial charge is 0.321 e. The predicted octanol–water partition coefficient (Wildman–Crippen LogP) is 2.40. The molecule has 1 amide bonds. The fourth-order valence-electron chi connectivity index (χ4n) is 3.24. The summed E-state index contributed by atoms with van der Waals surface area (Å²) in [5.74, 6) is -0.152. The minimum Gasteiger partial charge on any atom is -0.321 e. The zero-order valence-corrected chi connectivity index (χ0v) is 16.6. The Kier molecular flexibility index (Phi) is 5.92. The second-order valence-electron chi connectivity index (χ2n) is 6.94. The molecule has 0 atom stereocenters. The molecule has 1 N–H and O–H groups in total. The van der Waals surface area contributed by atoms with Crippen LogP contribution >= 0.6 is 0 Å². The van der Waals surface area contributed by atoms with Gasteiger partial charge in [-0.05, 0) is 50.1 Å². The summed E-state index contributed by atoms with van der Waals surface area (Å²) >= 11 is 0. The van der Waals surface area contributed by atoms with Crippen molar-refractivity contribution in [3.8, 4) is 0 Å². The molecule has 7 heteroatoms. The van der Waals surface area contributed by atoms with E-state index in [0.29, 0.717) is 18.8 Å². The molecule has 27 heavy (non-hydrogen) atoms. The molecule has 0 aliphatic carbocycles. The second-order valence-corrected chi connectivity index (χ2v) is 8.88. The number of carbonyl (C=O) groups is 1. The first-order chi connectivity index (χ1) is 12.9. The van der Waals surface area contributed by atoms with Crippen molar-refractivity contribution in [1.29, 1.82) is 0 Å². The van der Waals surface area contributed by atoms with Gasteiger partial charge in [-0.25, -0.2) is 8.42 Å². The van der Waals surface area contributed by atoms with Crippen LogP contribution in [0, 0.1) is 13.8 Å². The van der Waals surface area contributed by atoms with Crippen LogP contribution in [0.2, 0.25) is 0 Å². The van der Waals surface area contributed by atoms with Gasteiger partial charge < -0.3 is 5.32 Å². The molecule has 144 valence electrons. The van der Waals surface area contributed by atoms with Crippen LogP contribution in [-0.2, 0) is 21.4 Å². The number of amides is 1. The average Bonchev–Trinajstić information content (AvgIpc) is 2.66. The summed E-state index contributed by atoms with van der Waals surface area (Å²) in [5, 5.41) is 2.83. The van der Waals surface area contributed by atoms with Gasteiger partial charge in [-0.3, -0.25) is 4.79 Å². The van der Waals surface area contributed by atoms with E-state index in [1.54, 1.807) is 28.6 Å².